The Labute approximate surface area is 145 Å². The summed E-state index contributed by atoms with van der Waals surface area (Å²) in [7, 11) is 0. The zero-order valence-corrected chi connectivity index (χ0v) is 13.2. The maximum atomic E-state index is 12.1. The van der Waals surface area contributed by atoms with Crippen LogP contribution in [-0.4, -0.2) is 30.3 Å². The van der Waals surface area contributed by atoms with Gasteiger partial charge in [-0.3, -0.25) is 30.3 Å². The molecule has 0 bridgehead atoms. The quantitative estimate of drug-likeness (QED) is 0.526. The molecule has 0 radical (unpaired) electrons. The first-order valence-electron chi connectivity index (χ1n) is 6.86. The molecule has 2 heterocycles. The summed E-state index contributed by atoms with van der Waals surface area (Å²) >= 11 is 5.83. The molecule has 2 aromatic heterocycles. The number of anilines is 1. The Morgan fingerprint density at radius 1 is 1.32 bits per heavy atom. The minimum Gasteiger partial charge on any atom is -0.285 e. The molecule has 3 aromatic rings. The summed E-state index contributed by atoms with van der Waals surface area (Å²) in [6, 6.07) is 6.25. The molecule has 1 aromatic carbocycles. The van der Waals surface area contributed by atoms with E-state index in [4.69, 9.17) is 11.6 Å². The van der Waals surface area contributed by atoms with E-state index in [1.165, 1.54) is 29.4 Å². The molecule has 126 valence electrons. The van der Waals surface area contributed by atoms with Crippen molar-refractivity contribution in [2.45, 2.75) is 0 Å². The van der Waals surface area contributed by atoms with Crippen molar-refractivity contribution < 1.29 is 9.72 Å². The SMILES string of the molecule is O=C(NNc1ncnc(-n2ccnc2)c1[N+](=O)[O-])c1cccc(Cl)c1. The first-order chi connectivity index (χ1) is 12.1. The highest BCUT2D eigenvalue weighted by Crippen LogP contribution is 2.26. The number of hydrogen-bond acceptors (Lipinski definition) is 7. The van der Waals surface area contributed by atoms with Gasteiger partial charge in [-0.05, 0) is 18.2 Å². The largest absolute Gasteiger partial charge is 0.355 e. The van der Waals surface area contributed by atoms with Gasteiger partial charge in [0.05, 0.1) is 4.92 Å². The van der Waals surface area contributed by atoms with Crippen LogP contribution in [0.3, 0.4) is 0 Å². The first kappa shape index (κ1) is 16.3. The fourth-order valence-corrected chi connectivity index (χ4v) is 2.21. The molecule has 0 spiro atoms. The molecule has 2 N–H and O–H groups in total. The second kappa shape index (κ2) is 6.93. The third kappa shape index (κ3) is 3.53. The first-order valence-corrected chi connectivity index (χ1v) is 7.23. The lowest BCUT2D eigenvalue weighted by Crippen LogP contribution is -2.30. The van der Waals surface area contributed by atoms with Gasteiger partial charge in [-0.15, -0.1) is 0 Å². The number of amides is 1. The van der Waals surface area contributed by atoms with Crippen LogP contribution in [0.1, 0.15) is 10.4 Å². The lowest BCUT2D eigenvalue weighted by Gasteiger charge is -2.10. The number of carbonyl (C=O) groups excluding carboxylic acids is 1. The van der Waals surface area contributed by atoms with Crippen LogP contribution in [0, 0.1) is 10.1 Å². The number of nitro groups is 1. The van der Waals surface area contributed by atoms with Crippen molar-refractivity contribution in [3.05, 3.63) is 70.0 Å². The van der Waals surface area contributed by atoms with Crippen LogP contribution in [0.5, 0.6) is 0 Å². The van der Waals surface area contributed by atoms with Crippen LogP contribution < -0.4 is 10.9 Å². The highest BCUT2D eigenvalue weighted by atomic mass is 35.5. The van der Waals surface area contributed by atoms with Gasteiger partial charge in [0.1, 0.15) is 12.7 Å². The normalized spacial score (nSPS) is 10.3. The minimum atomic E-state index is -0.650. The third-order valence-corrected chi connectivity index (χ3v) is 3.35. The van der Waals surface area contributed by atoms with Crippen LogP contribution in [0.2, 0.25) is 5.02 Å². The van der Waals surface area contributed by atoms with Crippen molar-refractivity contribution in [3.63, 3.8) is 0 Å². The van der Waals surface area contributed by atoms with E-state index in [1.54, 1.807) is 18.2 Å². The van der Waals surface area contributed by atoms with Gasteiger partial charge in [-0.25, -0.2) is 15.0 Å². The van der Waals surface area contributed by atoms with E-state index in [0.717, 1.165) is 6.33 Å². The molecule has 10 nitrogen and oxygen atoms in total. The Morgan fingerprint density at radius 2 is 2.16 bits per heavy atom. The second-order valence-electron chi connectivity index (χ2n) is 4.71. The summed E-state index contributed by atoms with van der Waals surface area (Å²) < 4.78 is 1.36. The zero-order valence-electron chi connectivity index (χ0n) is 12.5. The lowest BCUT2D eigenvalue weighted by atomic mass is 10.2. The molecule has 0 saturated heterocycles. The Bertz CT molecular complexity index is 930. The number of benzene rings is 1. The maximum Gasteiger partial charge on any atom is 0.355 e. The average molecular weight is 360 g/mol. The number of hydrazine groups is 1. The van der Waals surface area contributed by atoms with E-state index in [9.17, 15) is 14.9 Å². The molecule has 0 aliphatic rings. The Hall–Kier alpha value is -3.53. The number of rotatable bonds is 5. The van der Waals surface area contributed by atoms with E-state index >= 15 is 0 Å². The number of nitrogens with one attached hydrogen (secondary N) is 2. The van der Waals surface area contributed by atoms with Gasteiger partial charge in [0.2, 0.25) is 11.6 Å². The molecule has 0 aliphatic heterocycles. The predicted octanol–water partition coefficient (Wildman–Crippen LogP) is 1.98. The van der Waals surface area contributed by atoms with Gasteiger partial charge in [0.15, 0.2) is 0 Å². The fraction of sp³-hybridized carbons (Fsp3) is 0. The molecule has 0 saturated carbocycles. The number of aromatic nitrogens is 4. The van der Waals surface area contributed by atoms with E-state index in [0.29, 0.717) is 5.02 Å². The van der Waals surface area contributed by atoms with Crippen molar-refractivity contribution in [1.29, 1.82) is 0 Å². The molecule has 0 fully saturated rings. The summed E-state index contributed by atoms with van der Waals surface area (Å²) in [6.07, 6.45) is 5.46. The van der Waals surface area contributed by atoms with Gasteiger partial charge in [-0.2, -0.15) is 0 Å². The van der Waals surface area contributed by atoms with Crippen molar-refractivity contribution in [3.8, 4) is 5.82 Å². The molecular weight excluding hydrogens is 350 g/mol. The lowest BCUT2D eigenvalue weighted by molar-refractivity contribution is -0.384. The standard InChI is InChI=1S/C14H10ClN7O3/c15-10-3-1-2-9(6-10)14(23)20-19-12-11(22(24)25)13(18-7-17-12)21-5-4-16-8-21/h1-8H,(H,20,23)(H,17,18,19). The van der Waals surface area contributed by atoms with E-state index in [1.807, 2.05) is 0 Å². The maximum absolute atomic E-state index is 12.1. The average Bonchev–Trinajstić information content (AvgIpc) is 3.13. The summed E-state index contributed by atoms with van der Waals surface area (Å²) in [6.45, 7) is 0. The van der Waals surface area contributed by atoms with E-state index in [-0.39, 0.29) is 17.2 Å². The van der Waals surface area contributed by atoms with Crippen LogP contribution >= 0.6 is 11.6 Å². The second-order valence-corrected chi connectivity index (χ2v) is 5.15. The molecule has 0 unspecified atom stereocenters. The Kier molecular flexibility index (Phi) is 4.53. The van der Waals surface area contributed by atoms with Crippen molar-refractivity contribution in [1.82, 2.24) is 24.9 Å². The molecule has 0 atom stereocenters. The monoisotopic (exact) mass is 359 g/mol. The van der Waals surface area contributed by atoms with E-state index < -0.39 is 16.5 Å². The Morgan fingerprint density at radius 3 is 2.84 bits per heavy atom. The summed E-state index contributed by atoms with van der Waals surface area (Å²) in [5, 5.41) is 11.8. The Balaban J connectivity index is 1.86. The molecule has 3 rings (SSSR count). The minimum absolute atomic E-state index is 0.0111. The van der Waals surface area contributed by atoms with Crippen LogP contribution in [-0.2, 0) is 0 Å². The summed E-state index contributed by atoms with van der Waals surface area (Å²) in [5.41, 5.74) is 4.66. The fourth-order valence-electron chi connectivity index (χ4n) is 2.02. The van der Waals surface area contributed by atoms with Crippen molar-refractivity contribution in [2.75, 3.05) is 5.43 Å². The number of carbonyl (C=O) groups is 1. The zero-order chi connectivity index (χ0) is 17.8. The number of nitrogens with zero attached hydrogens (tertiary/aromatic N) is 5. The van der Waals surface area contributed by atoms with Gasteiger partial charge < -0.3 is 0 Å². The highest BCUT2D eigenvalue weighted by molar-refractivity contribution is 6.30. The van der Waals surface area contributed by atoms with Crippen molar-refractivity contribution in [2.24, 2.45) is 0 Å². The molecule has 25 heavy (non-hydrogen) atoms. The summed E-state index contributed by atoms with van der Waals surface area (Å²) in [5.74, 6) is -0.685. The van der Waals surface area contributed by atoms with Gasteiger partial charge in [0, 0.05) is 23.0 Å². The smallest absolute Gasteiger partial charge is 0.285 e. The van der Waals surface area contributed by atoms with Crippen LogP contribution in [0.25, 0.3) is 5.82 Å². The third-order valence-electron chi connectivity index (χ3n) is 3.12. The molecular formula is C14H10ClN7O3. The number of imidazole rings is 1. The molecule has 0 aliphatic carbocycles. The predicted molar refractivity (Wildman–Crippen MR) is 88.3 cm³/mol. The van der Waals surface area contributed by atoms with Crippen LogP contribution in [0.4, 0.5) is 11.5 Å². The van der Waals surface area contributed by atoms with E-state index in [2.05, 4.69) is 25.8 Å². The topological polar surface area (TPSA) is 128 Å². The van der Waals surface area contributed by atoms with Gasteiger partial charge in [0.25, 0.3) is 5.91 Å². The highest BCUT2D eigenvalue weighted by Gasteiger charge is 2.24. The van der Waals surface area contributed by atoms with Gasteiger partial charge in [-0.1, -0.05) is 17.7 Å². The van der Waals surface area contributed by atoms with Crippen molar-refractivity contribution >= 4 is 29.0 Å². The number of hydrogen-bond donors (Lipinski definition) is 2. The molecule has 11 heteroatoms. The summed E-state index contributed by atoms with van der Waals surface area (Å²) in [4.78, 5) is 34.4. The molecule has 1 amide bonds. The van der Waals surface area contributed by atoms with Crippen LogP contribution in [0.15, 0.2) is 49.3 Å². The van der Waals surface area contributed by atoms with Gasteiger partial charge >= 0.3 is 5.69 Å². The number of halogens is 1.